The highest BCUT2D eigenvalue weighted by atomic mass is 19.4. The fourth-order valence-electron chi connectivity index (χ4n) is 1.65. The Morgan fingerprint density at radius 1 is 1.42 bits per heavy atom. The lowest BCUT2D eigenvalue weighted by molar-refractivity contribution is -0.141. The number of hydrogen-bond donors (Lipinski definition) is 1. The maximum absolute atomic E-state index is 12.5. The van der Waals surface area contributed by atoms with Crippen molar-refractivity contribution in [3.8, 4) is 0 Å². The van der Waals surface area contributed by atoms with E-state index in [1.807, 2.05) is 0 Å². The molecule has 1 saturated heterocycles. The van der Waals surface area contributed by atoms with Crippen molar-refractivity contribution in [1.82, 2.24) is 14.9 Å². The van der Waals surface area contributed by atoms with Gasteiger partial charge in [0.15, 0.2) is 0 Å². The number of rotatable bonds is 3. The van der Waals surface area contributed by atoms with Crippen LogP contribution in [-0.2, 0) is 11.0 Å². The van der Waals surface area contributed by atoms with E-state index in [2.05, 4.69) is 15.3 Å². The maximum atomic E-state index is 12.5. The Morgan fingerprint density at radius 2 is 2.11 bits per heavy atom. The second-order valence-electron chi connectivity index (χ2n) is 4.27. The highest BCUT2D eigenvalue weighted by Crippen LogP contribution is 2.28. The molecule has 0 radical (unpaired) electrons. The Morgan fingerprint density at radius 3 is 2.63 bits per heavy atom. The molecule has 0 aromatic carbocycles. The lowest BCUT2D eigenvalue weighted by Crippen LogP contribution is -2.44. The quantitative estimate of drug-likeness (QED) is 0.906. The Labute approximate surface area is 107 Å². The first-order valence-electron chi connectivity index (χ1n) is 5.81. The molecule has 2 heterocycles. The largest absolute Gasteiger partial charge is 0.433 e. The van der Waals surface area contributed by atoms with E-state index >= 15 is 0 Å². The average molecular weight is 274 g/mol. The Balaban J connectivity index is 2.03. The average Bonchev–Trinajstić information content (AvgIpc) is 2.22. The molecule has 8 heteroatoms. The van der Waals surface area contributed by atoms with E-state index in [1.165, 1.54) is 6.92 Å². The molecule has 1 aromatic heterocycles. The summed E-state index contributed by atoms with van der Waals surface area (Å²) in [7, 11) is 0. The second-order valence-corrected chi connectivity index (χ2v) is 4.27. The van der Waals surface area contributed by atoms with Crippen LogP contribution in [0.5, 0.6) is 0 Å². The molecule has 0 bridgehead atoms. The molecule has 0 saturated carbocycles. The lowest BCUT2D eigenvalue weighted by atomic mass is 10.2. The van der Waals surface area contributed by atoms with Crippen LogP contribution in [0.25, 0.3) is 0 Å². The van der Waals surface area contributed by atoms with Gasteiger partial charge in [0.1, 0.15) is 17.3 Å². The summed E-state index contributed by atoms with van der Waals surface area (Å²) < 4.78 is 37.6. The standard InChI is InChI=1S/C11H13F3N4O/c1-7-16-8(11(12,13)14)5-9(17-7)15-6-10(19)18-3-2-4-18/h5H,2-4,6H2,1H3,(H,15,16,17). The fourth-order valence-corrected chi connectivity index (χ4v) is 1.65. The van der Waals surface area contributed by atoms with Gasteiger partial charge in [-0.05, 0) is 13.3 Å². The summed E-state index contributed by atoms with van der Waals surface area (Å²) in [6.07, 6.45) is -3.55. The topological polar surface area (TPSA) is 58.1 Å². The van der Waals surface area contributed by atoms with Gasteiger partial charge in [-0.2, -0.15) is 13.2 Å². The highest BCUT2D eigenvalue weighted by Gasteiger charge is 2.33. The van der Waals surface area contributed by atoms with Crippen molar-refractivity contribution in [3.63, 3.8) is 0 Å². The van der Waals surface area contributed by atoms with E-state index in [0.29, 0.717) is 13.1 Å². The SMILES string of the molecule is Cc1nc(NCC(=O)N2CCC2)cc(C(F)(F)F)n1. The van der Waals surface area contributed by atoms with Gasteiger partial charge < -0.3 is 10.2 Å². The van der Waals surface area contributed by atoms with E-state index in [0.717, 1.165) is 12.5 Å². The van der Waals surface area contributed by atoms with E-state index in [9.17, 15) is 18.0 Å². The Bertz CT molecular complexity index is 485. The highest BCUT2D eigenvalue weighted by molar-refractivity contribution is 5.81. The summed E-state index contributed by atoms with van der Waals surface area (Å²) in [5.41, 5.74) is -1.01. The van der Waals surface area contributed by atoms with Crippen LogP contribution < -0.4 is 5.32 Å². The van der Waals surface area contributed by atoms with E-state index in [4.69, 9.17) is 0 Å². The van der Waals surface area contributed by atoms with Crippen LogP contribution in [0.2, 0.25) is 0 Å². The number of hydrogen-bond acceptors (Lipinski definition) is 4. The Hall–Kier alpha value is -1.86. The van der Waals surface area contributed by atoms with Crippen molar-refractivity contribution in [2.24, 2.45) is 0 Å². The number of nitrogens with zero attached hydrogens (tertiary/aromatic N) is 3. The van der Waals surface area contributed by atoms with E-state index in [-0.39, 0.29) is 24.1 Å². The molecule has 5 nitrogen and oxygen atoms in total. The van der Waals surface area contributed by atoms with Gasteiger partial charge in [0.05, 0.1) is 6.54 Å². The molecular formula is C11H13F3N4O. The molecule has 1 aliphatic heterocycles. The number of aryl methyl sites for hydroxylation is 1. The third-order valence-electron chi connectivity index (χ3n) is 2.76. The van der Waals surface area contributed by atoms with Crippen molar-refractivity contribution in [2.75, 3.05) is 25.0 Å². The smallest absolute Gasteiger partial charge is 0.361 e. The summed E-state index contributed by atoms with van der Waals surface area (Å²) in [6, 6.07) is 0.802. The molecule has 2 rings (SSSR count). The number of alkyl halides is 3. The minimum Gasteiger partial charge on any atom is -0.361 e. The maximum Gasteiger partial charge on any atom is 0.433 e. The van der Waals surface area contributed by atoms with Gasteiger partial charge in [-0.1, -0.05) is 0 Å². The van der Waals surface area contributed by atoms with E-state index in [1.54, 1.807) is 4.90 Å². The number of anilines is 1. The molecule has 0 aliphatic carbocycles. The number of carbonyl (C=O) groups excluding carboxylic acids is 1. The number of likely N-dealkylation sites (tertiary alicyclic amines) is 1. The number of amides is 1. The van der Waals surface area contributed by atoms with Crippen LogP contribution in [0.1, 0.15) is 17.9 Å². The van der Waals surface area contributed by atoms with E-state index < -0.39 is 11.9 Å². The zero-order valence-electron chi connectivity index (χ0n) is 10.3. The molecule has 0 unspecified atom stereocenters. The molecule has 104 valence electrons. The summed E-state index contributed by atoms with van der Waals surface area (Å²) in [5, 5.41) is 2.60. The normalized spacial score (nSPS) is 15.1. The molecule has 1 aromatic rings. The van der Waals surface area contributed by atoms with Crippen LogP contribution in [0, 0.1) is 6.92 Å². The zero-order chi connectivity index (χ0) is 14.0. The van der Waals surface area contributed by atoms with Gasteiger partial charge >= 0.3 is 6.18 Å². The fraction of sp³-hybridized carbons (Fsp3) is 0.545. The summed E-state index contributed by atoms with van der Waals surface area (Å²) in [5.74, 6) is -0.126. The van der Waals surface area contributed by atoms with Gasteiger partial charge in [0, 0.05) is 19.2 Å². The molecular weight excluding hydrogens is 261 g/mol. The number of carbonyl (C=O) groups is 1. The molecule has 1 N–H and O–H groups in total. The van der Waals surface area contributed by atoms with Crippen molar-refractivity contribution < 1.29 is 18.0 Å². The predicted octanol–water partition coefficient (Wildman–Crippen LogP) is 1.45. The monoisotopic (exact) mass is 274 g/mol. The first-order chi connectivity index (χ1) is 8.86. The third kappa shape index (κ3) is 3.33. The summed E-state index contributed by atoms with van der Waals surface area (Å²) >= 11 is 0. The Kier molecular flexibility index (Phi) is 3.59. The number of aromatic nitrogens is 2. The molecule has 19 heavy (non-hydrogen) atoms. The van der Waals surface area contributed by atoms with Gasteiger partial charge in [0.2, 0.25) is 5.91 Å². The molecule has 0 atom stereocenters. The first-order valence-corrected chi connectivity index (χ1v) is 5.81. The molecule has 1 amide bonds. The van der Waals surface area contributed by atoms with Crippen LogP contribution in [0.3, 0.4) is 0 Å². The molecule has 1 fully saturated rings. The summed E-state index contributed by atoms with van der Waals surface area (Å²) in [4.78, 5) is 20.3. The van der Waals surface area contributed by atoms with Crippen LogP contribution in [0.4, 0.5) is 19.0 Å². The minimum absolute atomic E-state index is 0.00805. The zero-order valence-corrected chi connectivity index (χ0v) is 10.3. The third-order valence-corrected chi connectivity index (χ3v) is 2.76. The molecule has 0 spiro atoms. The van der Waals surface area contributed by atoms with Gasteiger partial charge in [0.25, 0.3) is 0 Å². The van der Waals surface area contributed by atoms with Crippen molar-refractivity contribution in [3.05, 3.63) is 17.6 Å². The first kappa shape index (κ1) is 13.6. The minimum atomic E-state index is -4.52. The number of nitrogens with one attached hydrogen (secondary N) is 1. The lowest BCUT2D eigenvalue weighted by Gasteiger charge is -2.30. The van der Waals surface area contributed by atoms with Gasteiger partial charge in [-0.25, -0.2) is 9.97 Å². The van der Waals surface area contributed by atoms with Gasteiger partial charge in [-0.3, -0.25) is 4.79 Å². The van der Waals surface area contributed by atoms with Crippen molar-refractivity contribution >= 4 is 11.7 Å². The van der Waals surface area contributed by atoms with Crippen molar-refractivity contribution in [1.29, 1.82) is 0 Å². The van der Waals surface area contributed by atoms with Crippen LogP contribution in [-0.4, -0.2) is 40.4 Å². The van der Waals surface area contributed by atoms with Crippen LogP contribution in [0.15, 0.2) is 6.07 Å². The second kappa shape index (κ2) is 5.02. The number of halogens is 3. The summed E-state index contributed by atoms with van der Waals surface area (Å²) in [6.45, 7) is 2.72. The molecule has 1 aliphatic rings. The van der Waals surface area contributed by atoms with Gasteiger partial charge in [-0.15, -0.1) is 0 Å². The predicted molar refractivity (Wildman–Crippen MR) is 61.5 cm³/mol. The van der Waals surface area contributed by atoms with Crippen molar-refractivity contribution in [2.45, 2.75) is 19.5 Å². The van der Waals surface area contributed by atoms with Crippen LogP contribution >= 0.6 is 0 Å².